The smallest absolute Gasteiger partial charge is 0.316 e. The van der Waals surface area contributed by atoms with Gasteiger partial charge in [0.25, 0.3) is 0 Å². The topological polar surface area (TPSA) is 52.1 Å². The molecule has 1 aromatic heterocycles. The highest BCUT2D eigenvalue weighted by atomic mass is 16.5. The molecule has 2 aromatic rings. The Bertz CT molecular complexity index is 495. The molecule has 0 fully saturated rings. The number of hydrogen-bond acceptors (Lipinski definition) is 4. The summed E-state index contributed by atoms with van der Waals surface area (Å²) in [6.45, 7) is 0. The SMILES string of the molecule is COc1ncc(-c2cccc(C=O)c2)cn1. The lowest BCUT2D eigenvalue weighted by molar-refractivity contribution is 0.112. The normalized spacial score (nSPS) is 9.81. The molecular formula is C12H10N2O2. The van der Waals surface area contributed by atoms with Crippen molar-refractivity contribution in [3.8, 4) is 17.1 Å². The van der Waals surface area contributed by atoms with Crippen LogP contribution in [-0.4, -0.2) is 23.4 Å². The van der Waals surface area contributed by atoms with E-state index in [1.165, 1.54) is 7.11 Å². The van der Waals surface area contributed by atoms with E-state index in [0.29, 0.717) is 11.6 Å². The van der Waals surface area contributed by atoms with Crippen LogP contribution in [0.4, 0.5) is 0 Å². The van der Waals surface area contributed by atoms with Crippen molar-refractivity contribution >= 4 is 6.29 Å². The summed E-state index contributed by atoms with van der Waals surface area (Å²) in [6.07, 6.45) is 4.14. The van der Waals surface area contributed by atoms with E-state index >= 15 is 0 Å². The van der Waals surface area contributed by atoms with Crippen molar-refractivity contribution in [3.63, 3.8) is 0 Å². The quantitative estimate of drug-likeness (QED) is 0.733. The summed E-state index contributed by atoms with van der Waals surface area (Å²) in [5.41, 5.74) is 2.39. The number of aldehydes is 1. The molecule has 2 rings (SSSR count). The second-order valence-electron chi connectivity index (χ2n) is 3.20. The highest BCUT2D eigenvalue weighted by Crippen LogP contribution is 2.19. The minimum Gasteiger partial charge on any atom is -0.467 e. The van der Waals surface area contributed by atoms with Crippen molar-refractivity contribution < 1.29 is 9.53 Å². The van der Waals surface area contributed by atoms with Gasteiger partial charge in [0.2, 0.25) is 0 Å². The summed E-state index contributed by atoms with van der Waals surface area (Å²) in [7, 11) is 1.52. The van der Waals surface area contributed by atoms with Gasteiger partial charge in [0, 0.05) is 23.5 Å². The molecule has 16 heavy (non-hydrogen) atoms. The first-order valence-corrected chi connectivity index (χ1v) is 4.75. The van der Waals surface area contributed by atoms with Crippen LogP contribution in [0.5, 0.6) is 6.01 Å². The van der Waals surface area contributed by atoms with E-state index in [9.17, 15) is 4.79 Å². The molecule has 4 nitrogen and oxygen atoms in total. The molecule has 0 amide bonds. The number of ether oxygens (including phenoxy) is 1. The summed E-state index contributed by atoms with van der Waals surface area (Å²) in [5, 5.41) is 0. The van der Waals surface area contributed by atoms with Gasteiger partial charge in [-0.25, -0.2) is 9.97 Å². The van der Waals surface area contributed by atoms with Crippen molar-refractivity contribution in [2.75, 3.05) is 7.11 Å². The molecule has 0 aliphatic rings. The van der Waals surface area contributed by atoms with Gasteiger partial charge in [0.15, 0.2) is 0 Å². The molecule has 0 saturated carbocycles. The zero-order valence-electron chi connectivity index (χ0n) is 8.75. The van der Waals surface area contributed by atoms with E-state index in [1.807, 2.05) is 12.1 Å². The Hall–Kier alpha value is -2.23. The Morgan fingerprint density at radius 3 is 2.56 bits per heavy atom. The fourth-order valence-corrected chi connectivity index (χ4v) is 1.36. The molecule has 80 valence electrons. The zero-order valence-corrected chi connectivity index (χ0v) is 8.75. The van der Waals surface area contributed by atoms with Gasteiger partial charge in [-0.15, -0.1) is 0 Å². The molecule has 1 heterocycles. The highest BCUT2D eigenvalue weighted by molar-refractivity contribution is 5.78. The van der Waals surface area contributed by atoms with Gasteiger partial charge in [0.05, 0.1) is 7.11 Å². The molecule has 0 unspecified atom stereocenters. The number of hydrogen-bond donors (Lipinski definition) is 0. The minimum atomic E-state index is 0.329. The van der Waals surface area contributed by atoms with Crippen LogP contribution >= 0.6 is 0 Å². The van der Waals surface area contributed by atoms with Crippen molar-refractivity contribution in [2.45, 2.75) is 0 Å². The maximum absolute atomic E-state index is 10.6. The van der Waals surface area contributed by atoms with Crippen molar-refractivity contribution in [1.82, 2.24) is 9.97 Å². The lowest BCUT2D eigenvalue weighted by Gasteiger charge is -2.02. The third kappa shape index (κ3) is 2.06. The van der Waals surface area contributed by atoms with Gasteiger partial charge in [-0.1, -0.05) is 18.2 Å². The maximum Gasteiger partial charge on any atom is 0.316 e. The first-order chi connectivity index (χ1) is 7.83. The van der Waals surface area contributed by atoms with E-state index in [4.69, 9.17) is 4.74 Å². The maximum atomic E-state index is 10.6. The summed E-state index contributed by atoms with van der Waals surface area (Å²) >= 11 is 0. The number of benzene rings is 1. The second-order valence-corrected chi connectivity index (χ2v) is 3.20. The number of aromatic nitrogens is 2. The van der Waals surface area contributed by atoms with Gasteiger partial charge in [0.1, 0.15) is 6.29 Å². The summed E-state index contributed by atoms with van der Waals surface area (Å²) in [4.78, 5) is 18.7. The van der Waals surface area contributed by atoms with Crippen LogP contribution in [0.15, 0.2) is 36.7 Å². The minimum absolute atomic E-state index is 0.329. The van der Waals surface area contributed by atoms with E-state index in [-0.39, 0.29) is 0 Å². The Labute approximate surface area is 92.9 Å². The molecule has 0 atom stereocenters. The van der Waals surface area contributed by atoms with Crippen LogP contribution < -0.4 is 4.74 Å². The molecular weight excluding hydrogens is 204 g/mol. The summed E-state index contributed by atoms with van der Waals surface area (Å²) < 4.78 is 4.87. The third-order valence-electron chi connectivity index (χ3n) is 2.17. The Morgan fingerprint density at radius 2 is 1.94 bits per heavy atom. The standard InChI is InChI=1S/C12H10N2O2/c1-16-12-13-6-11(7-14-12)10-4-2-3-9(5-10)8-15/h2-8H,1H3. The fraction of sp³-hybridized carbons (Fsp3) is 0.0833. The first kappa shape index (κ1) is 10.3. The van der Waals surface area contributed by atoms with Crippen molar-refractivity contribution in [1.29, 1.82) is 0 Å². The third-order valence-corrected chi connectivity index (χ3v) is 2.17. The lowest BCUT2D eigenvalue weighted by Crippen LogP contribution is -1.91. The summed E-state index contributed by atoms with van der Waals surface area (Å²) in [5.74, 6) is 0. The van der Waals surface area contributed by atoms with Crippen molar-refractivity contribution in [3.05, 3.63) is 42.2 Å². The largest absolute Gasteiger partial charge is 0.467 e. The van der Waals surface area contributed by atoms with Crippen molar-refractivity contribution in [2.24, 2.45) is 0 Å². The van der Waals surface area contributed by atoms with E-state index in [1.54, 1.807) is 24.5 Å². The molecule has 0 radical (unpaired) electrons. The average molecular weight is 214 g/mol. The summed E-state index contributed by atoms with van der Waals surface area (Å²) in [6, 6.07) is 7.59. The predicted octanol–water partition coefficient (Wildman–Crippen LogP) is 1.96. The Balaban J connectivity index is 2.38. The van der Waals surface area contributed by atoms with Crippen LogP contribution in [0.1, 0.15) is 10.4 Å². The Kier molecular flexibility index (Phi) is 2.91. The van der Waals surface area contributed by atoms with Crippen LogP contribution in [0.25, 0.3) is 11.1 Å². The number of methoxy groups -OCH3 is 1. The molecule has 0 aliphatic heterocycles. The van der Waals surface area contributed by atoms with Gasteiger partial charge >= 0.3 is 6.01 Å². The van der Waals surface area contributed by atoms with Crippen LogP contribution in [0, 0.1) is 0 Å². The van der Waals surface area contributed by atoms with Gasteiger partial charge < -0.3 is 4.74 Å². The van der Waals surface area contributed by atoms with Gasteiger partial charge in [-0.3, -0.25) is 4.79 Å². The molecule has 0 bridgehead atoms. The van der Waals surface area contributed by atoms with E-state index < -0.39 is 0 Å². The predicted molar refractivity (Wildman–Crippen MR) is 59.4 cm³/mol. The van der Waals surface area contributed by atoms with Gasteiger partial charge in [-0.05, 0) is 11.6 Å². The van der Waals surface area contributed by atoms with Crippen LogP contribution in [-0.2, 0) is 0 Å². The molecule has 0 spiro atoms. The number of carbonyl (C=O) groups excluding carboxylic acids is 1. The number of nitrogens with zero attached hydrogens (tertiary/aromatic N) is 2. The molecule has 0 aliphatic carbocycles. The highest BCUT2D eigenvalue weighted by Gasteiger charge is 2.01. The van der Waals surface area contributed by atoms with E-state index in [2.05, 4.69) is 9.97 Å². The lowest BCUT2D eigenvalue weighted by atomic mass is 10.1. The number of carbonyl (C=O) groups is 1. The fourth-order valence-electron chi connectivity index (χ4n) is 1.36. The zero-order chi connectivity index (χ0) is 11.4. The second kappa shape index (κ2) is 4.53. The molecule has 1 aromatic carbocycles. The van der Waals surface area contributed by atoms with Crippen LogP contribution in [0.2, 0.25) is 0 Å². The number of rotatable bonds is 3. The monoisotopic (exact) mass is 214 g/mol. The molecule has 0 N–H and O–H groups in total. The van der Waals surface area contributed by atoms with Crippen LogP contribution in [0.3, 0.4) is 0 Å². The molecule has 4 heteroatoms. The van der Waals surface area contributed by atoms with Gasteiger partial charge in [-0.2, -0.15) is 0 Å². The first-order valence-electron chi connectivity index (χ1n) is 4.75. The molecule has 0 saturated heterocycles. The average Bonchev–Trinajstić information content (AvgIpc) is 2.39. The van der Waals surface area contributed by atoms with E-state index in [0.717, 1.165) is 17.4 Å². The Morgan fingerprint density at radius 1 is 1.19 bits per heavy atom.